The van der Waals surface area contributed by atoms with Gasteiger partial charge in [0, 0.05) is 15.9 Å². The van der Waals surface area contributed by atoms with Crippen molar-refractivity contribution in [2.45, 2.75) is 11.8 Å². The third kappa shape index (κ3) is 3.18. The van der Waals surface area contributed by atoms with Crippen LogP contribution in [0.1, 0.15) is 11.1 Å². The number of ether oxygens (including phenoxy) is 1. The number of hydrogen-bond acceptors (Lipinski definition) is 2. The molecule has 0 heterocycles. The number of rotatable bonds is 3. The van der Waals surface area contributed by atoms with Gasteiger partial charge < -0.3 is 4.74 Å². The van der Waals surface area contributed by atoms with Gasteiger partial charge in [-0.15, -0.1) is 0 Å². The van der Waals surface area contributed by atoms with Gasteiger partial charge in [0.05, 0.1) is 13.5 Å². The minimum absolute atomic E-state index is 0.0227. The van der Waals surface area contributed by atoms with Crippen LogP contribution >= 0.6 is 27.5 Å². The van der Waals surface area contributed by atoms with E-state index >= 15 is 0 Å². The number of benzene rings is 1. The Morgan fingerprint density at radius 2 is 2.27 bits per heavy atom. The summed E-state index contributed by atoms with van der Waals surface area (Å²) >= 11 is 8.86. The zero-order chi connectivity index (χ0) is 11.4. The van der Waals surface area contributed by atoms with Crippen molar-refractivity contribution in [2.75, 3.05) is 7.11 Å². The maximum absolute atomic E-state index is 13.4. The van der Waals surface area contributed by atoms with Crippen LogP contribution in [0.3, 0.4) is 0 Å². The number of methoxy groups -OCH3 is 1. The Balaban J connectivity index is 3.09. The maximum Gasteiger partial charge on any atom is 0.309 e. The summed E-state index contributed by atoms with van der Waals surface area (Å²) in [4.78, 5) is 11.1. The van der Waals surface area contributed by atoms with E-state index in [1.54, 1.807) is 6.07 Å². The standard InChI is InChI=1S/C10H9BrClFO2/c1-15-10(14)3-6-2-7(12)4-9(13)8(6)5-11/h2,4H,3,5H2,1H3. The van der Waals surface area contributed by atoms with Gasteiger partial charge in [0.15, 0.2) is 0 Å². The molecule has 0 aromatic heterocycles. The molecule has 0 radical (unpaired) electrons. The van der Waals surface area contributed by atoms with E-state index < -0.39 is 11.8 Å². The van der Waals surface area contributed by atoms with Crippen LogP contribution in [0.15, 0.2) is 12.1 Å². The predicted octanol–water partition coefficient (Wildman–Crippen LogP) is 3.09. The van der Waals surface area contributed by atoms with Crippen molar-refractivity contribution in [3.63, 3.8) is 0 Å². The molecule has 0 atom stereocenters. The second-order valence-electron chi connectivity index (χ2n) is 2.91. The number of esters is 1. The topological polar surface area (TPSA) is 26.3 Å². The fourth-order valence-electron chi connectivity index (χ4n) is 1.19. The van der Waals surface area contributed by atoms with Crippen LogP contribution in [0.4, 0.5) is 4.39 Å². The fourth-order valence-corrected chi connectivity index (χ4v) is 2.05. The van der Waals surface area contributed by atoms with Crippen molar-refractivity contribution >= 4 is 33.5 Å². The van der Waals surface area contributed by atoms with Gasteiger partial charge in [-0.1, -0.05) is 27.5 Å². The summed E-state index contributed by atoms with van der Waals surface area (Å²) in [5.41, 5.74) is 0.980. The van der Waals surface area contributed by atoms with E-state index in [0.717, 1.165) is 0 Å². The zero-order valence-corrected chi connectivity index (χ0v) is 10.4. The van der Waals surface area contributed by atoms with Gasteiger partial charge in [-0.2, -0.15) is 0 Å². The molecule has 0 aliphatic heterocycles. The molecule has 1 rings (SSSR count). The molecule has 0 spiro atoms. The van der Waals surface area contributed by atoms with E-state index in [4.69, 9.17) is 11.6 Å². The maximum atomic E-state index is 13.4. The first-order valence-corrected chi connectivity index (χ1v) is 5.68. The lowest BCUT2D eigenvalue weighted by atomic mass is 10.1. The van der Waals surface area contributed by atoms with Crippen LogP contribution in [0.5, 0.6) is 0 Å². The average molecular weight is 296 g/mol. The van der Waals surface area contributed by atoms with Crippen molar-refractivity contribution < 1.29 is 13.9 Å². The molecule has 1 aromatic rings. The van der Waals surface area contributed by atoms with Crippen molar-refractivity contribution in [3.8, 4) is 0 Å². The molecule has 0 bridgehead atoms. The van der Waals surface area contributed by atoms with Gasteiger partial charge >= 0.3 is 5.97 Å². The highest BCUT2D eigenvalue weighted by atomic mass is 79.9. The molecule has 0 aliphatic carbocycles. The molecule has 0 saturated heterocycles. The van der Waals surface area contributed by atoms with Crippen LogP contribution in [0.25, 0.3) is 0 Å². The second-order valence-corrected chi connectivity index (χ2v) is 3.91. The molecule has 2 nitrogen and oxygen atoms in total. The largest absolute Gasteiger partial charge is 0.469 e. The lowest BCUT2D eigenvalue weighted by Crippen LogP contribution is -2.07. The molecular formula is C10H9BrClFO2. The lowest BCUT2D eigenvalue weighted by Gasteiger charge is -2.08. The first-order chi connectivity index (χ1) is 7.08. The Hall–Kier alpha value is -0.610. The fraction of sp³-hybridized carbons (Fsp3) is 0.300. The average Bonchev–Trinajstić information content (AvgIpc) is 2.17. The van der Waals surface area contributed by atoms with Crippen molar-refractivity contribution in [2.24, 2.45) is 0 Å². The van der Waals surface area contributed by atoms with E-state index in [1.165, 1.54) is 13.2 Å². The molecule has 0 aliphatic rings. The van der Waals surface area contributed by atoms with E-state index in [1.807, 2.05) is 0 Å². The summed E-state index contributed by atoms with van der Waals surface area (Å²) in [6.45, 7) is 0. The Morgan fingerprint density at radius 1 is 1.60 bits per heavy atom. The van der Waals surface area contributed by atoms with E-state index in [9.17, 15) is 9.18 Å². The first kappa shape index (κ1) is 12.5. The first-order valence-electron chi connectivity index (χ1n) is 4.18. The van der Waals surface area contributed by atoms with E-state index in [0.29, 0.717) is 16.5 Å². The Labute approximate surface area is 101 Å². The summed E-state index contributed by atoms with van der Waals surface area (Å²) in [5.74, 6) is -0.836. The number of carbonyl (C=O) groups is 1. The van der Waals surface area contributed by atoms with Gasteiger partial charge in [0.2, 0.25) is 0 Å². The summed E-state index contributed by atoms with van der Waals surface area (Å²) in [6, 6.07) is 2.79. The molecular weight excluding hydrogens is 286 g/mol. The Morgan fingerprint density at radius 3 is 2.80 bits per heavy atom. The molecule has 0 N–H and O–H groups in total. The SMILES string of the molecule is COC(=O)Cc1cc(Cl)cc(F)c1CBr. The van der Waals surface area contributed by atoms with Gasteiger partial charge in [-0.3, -0.25) is 4.79 Å². The summed E-state index contributed by atoms with van der Waals surface area (Å²) in [6.07, 6.45) is 0.0227. The molecule has 5 heteroatoms. The van der Waals surface area contributed by atoms with Gasteiger partial charge in [0.1, 0.15) is 5.82 Å². The van der Waals surface area contributed by atoms with Crippen LogP contribution in [-0.4, -0.2) is 13.1 Å². The van der Waals surface area contributed by atoms with Gasteiger partial charge in [-0.25, -0.2) is 4.39 Å². The van der Waals surface area contributed by atoms with Crippen LogP contribution in [-0.2, 0) is 21.3 Å². The quantitative estimate of drug-likeness (QED) is 0.633. The van der Waals surface area contributed by atoms with Crippen molar-refractivity contribution in [1.82, 2.24) is 0 Å². The number of alkyl halides is 1. The zero-order valence-electron chi connectivity index (χ0n) is 8.02. The second kappa shape index (κ2) is 5.47. The Kier molecular flexibility index (Phi) is 4.54. The third-order valence-corrected chi connectivity index (χ3v) is 2.73. The highest BCUT2D eigenvalue weighted by Crippen LogP contribution is 2.23. The third-order valence-electron chi connectivity index (χ3n) is 1.95. The highest BCUT2D eigenvalue weighted by molar-refractivity contribution is 9.08. The Bertz CT molecular complexity index is 382. The smallest absolute Gasteiger partial charge is 0.309 e. The van der Waals surface area contributed by atoms with E-state index in [2.05, 4.69) is 20.7 Å². The predicted molar refractivity (Wildman–Crippen MR) is 59.8 cm³/mol. The molecule has 15 heavy (non-hydrogen) atoms. The van der Waals surface area contributed by atoms with Crippen LogP contribution in [0, 0.1) is 5.82 Å². The summed E-state index contributed by atoms with van der Waals surface area (Å²) in [7, 11) is 1.29. The van der Waals surface area contributed by atoms with Crippen LogP contribution in [0.2, 0.25) is 5.02 Å². The van der Waals surface area contributed by atoms with Gasteiger partial charge in [-0.05, 0) is 17.7 Å². The number of halogens is 3. The number of carbonyl (C=O) groups excluding carboxylic acids is 1. The monoisotopic (exact) mass is 294 g/mol. The summed E-state index contributed by atoms with van der Waals surface area (Å²) in [5, 5.41) is 0.610. The highest BCUT2D eigenvalue weighted by Gasteiger charge is 2.12. The molecule has 82 valence electrons. The molecule has 0 saturated carbocycles. The molecule has 0 unspecified atom stereocenters. The number of hydrogen-bond donors (Lipinski definition) is 0. The molecule has 1 aromatic carbocycles. The molecule has 0 fully saturated rings. The van der Waals surface area contributed by atoms with E-state index in [-0.39, 0.29) is 11.4 Å². The van der Waals surface area contributed by atoms with Crippen molar-refractivity contribution in [3.05, 3.63) is 34.1 Å². The minimum Gasteiger partial charge on any atom is -0.469 e. The van der Waals surface area contributed by atoms with Crippen LogP contribution < -0.4 is 0 Å². The van der Waals surface area contributed by atoms with Gasteiger partial charge in [0.25, 0.3) is 0 Å². The lowest BCUT2D eigenvalue weighted by molar-refractivity contribution is -0.139. The van der Waals surface area contributed by atoms with Crippen molar-refractivity contribution in [1.29, 1.82) is 0 Å². The summed E-state index contributed by atoms with van der Waals surface area (Å²) < 4.78 is 17.9. The minimum atomic E-state index is -0.418. The molecule has 0 amide bonds. The normalized spacial score (nSPS) is 10.1.